The third kappa shape index (κ3) is 6.06. The van der Waals surface area contributed by atoms with E-state index in [0.29, 0.717) is 6.54 Å². The number of benzene rings is 1. The fourth-order valence-electron chi connectivity index (χ4n) is 2.01. The molecule has 1 heterocycles. The van der Waals surface area contributed by atoms with Gasteiger partial charge >= 0.3 is 0 Å². The van der Waals surface area contributed by atoms with Crippen molar-refractivity contribution in [1.29, 1.82) is 0 Å². The fraction of sp³-hybridized carbons (Fsp3) is 0.333. The SMILES string of the molecule is CNC(C(=O)NCCSc1ccc(Cl)cc1)c1cnn(C)c1.Cl. The third-order valence-corrected chi connectivity index (χ3v) is 4.36. The average Bonchev–Trinajstić information content (AvgIpc) is 2.92. The molecule has 0 spiro atoms. The van der Waals surface area contributed by atoms with Crippen LogP contribution in [0.5, 0.6) is 0 Å². The first-order valence-corrected chi connectivity index (χ1v) is 8.28. The molecule has 0 aliphatic carbocycles. The number of halogens is 2. The molecule has 1 aromatic carbocycles. The summed E-state index contributed by atoms with van der Waals surface area (Å²) in [7, 11) is 3.59. The van der Waals surface area contributed by atoms with Crippen molar-refractivity contribution >= 4 is 41.7 Å². The maximum absolute atomic E-state index is 12.2. The van der Waals surface area contributed by atoms with Gasteiger partial charge in [-0.1, -0.05) is 11.6 Å². The van der Waals surface area contributed by atoms with Gasteiger partial charge in [0.05, 0.1) is 6.20 Å². The van der Waals surface area contributed by atoms with Gasteiger partial charge in [0.1, 0.15) is 6.04 Å². The molecule has 2 rings (SSSR count). The Morgan fingerprint density at radius 2 is 2.09 bits per heavy atom. The first-order chi connectivity index (χ1) is 10.6. The Labute approximate surface area is 151 Å². The van der Waals surface area contributed by atoms with Crippen LogP contribution < -0.4 is 10.6 Å². The number of aromatic nitrogens is 2. The summed E-state index contributed by atoms with van der Waals surface area (Å²) in [5.41, 5.74) is 0.854. The molecule has 2 N–H and O–H groups in total. The van der Waals surface area contributed by atoms with Crippen molar-refractivity contribution in [2.75, 3.05) is 19.3 Å². The van der Waals surface area contributed by atoms with Crippen LogP contribution in [0, 0.1) is 0 Å². The molecule has 0 aliphatic heterocycles. The van der Waals surface area contributed by atoms with Gasteiger partial charge in [0, 0.05) is 41.0 Å². The van der Waals surface area contributed by atoms with Crippen molar-refractivity contribution < 1.29 is 4.79 Å². The van der Waals surface area contributed by atoms with Crippen LogP contribution in [0.3, 0.4) is 0 Å². The van der Waals surface area contributed by atoms with E-state index in [2.05, 4.69) is 15.7 Å². The normalized spacial score (nSPS) is 11.6. The summed E-state index contributed by atoms with van der Waals surface area (Å²) in [4.78, 5) is 13.3. The number of hydrogen-bond donors (Lipinski definition) is 2. The highest BCUT2D eigenvalue weighted by Gasteiger charge is 2.19. The summed E-state index contributed by atoms with van der Waals surface area (Å²) >= 11 is 7.53. The van der Waals surface area contributed by atoms with E-state index in [9.17, 15) is 4.79 Å². The largest absolute Gasteiger partial charge is 0.354 e. The highest BCUT2D eigenvalue weighted by molar-refractivity contribution is 7.99. The van der Waals surface area contributed by atoms with Crippen LogP contribution in [0.1, 0.15) is 11.6 Å². The molecule has 1 amide bonds. The summed E-state index contributed by atoms with van der Waals surface area (Å²) in [5.74, 6) is 0.754. The van der Waals surface area contributed by atoms with E-state index in [1.165, 1.54) is 0 Å². The molecule has 0 saturated carbocycles. The van der Waals surface area contributed by atoms with E-state index < -0.39 is 0 Å². The molecule has 2 aromatic rings. The van der Waals surface area contributed by atoms with Crippen molar-refractivity contribution in [1.82, 2.24) is 20.4 Å². The van der Waals surface area contributed by atoms with Gasteiger partial charge in [-0.05, 0) is 31.3 Å². The standard InChI is InChI=1S/C15H19ClN4OS.ClH/c1-17-14(11-9-19-20(2)10-11)15(21)18-7-8-22-13-5-3-12(16)4-6-13;/h3-6,9-10,14,17H,7-8H2,1-2H3,(H,18,21);1H. The molecule has 0 fully saturated rings. The average molecular weight is 375 g/mol. The molecule has 23 heavy (non-hydrogen) atoms. The Bertz CT molecular complexity index is 618. The van der Waals surface area contributed by atoms with Gasteiger partial charge < -0.3 is 10.6 Å². The summed E-state index contributed by atoms with van der Waals surface area (Å²) in [6.07, 6.45) is 3.53. The number of amides is 1. The molecule has 126 valence electrons. The van der Waals surface area contributed by atoms with Crippen LogP contribution in [-0.4, -0.2) is 35.0 Å². The highest BCUT2D eigenvalue weighted by atomic mass is 35.5. The molecular formula is C15H20Cl2N4OS. The van der Waals surface area contributed by atoms with Gasteiger partial charge in [-0.3, -0.25) is 9.48 Å². The lowest BCUT2D eigenvalue weighted by atomic mass is 10.1. The number of rotatable bonds is 7. The molecule has 0 radical (unpaired) electrons. The monoisotopic (exact) mass is 374 g/mol. The maximum Gasteiger partial charge on any atom is 0.241 e. The van der Waals surface area contributed by atoms with Crippen LogP contribution in [0.4, 0.5) is 0 Å². The van der Waals surface area contributed by atoms with Crippen LogP contribution in [0.15, 0.2) is 41.6 Å². The smallest absolute Gasteiger partial charge is 0.241 e. The Kier molecular flexibility index (Phi) is 8.47. The number of nitrogens with one attached hydrogen (secondary N) is 2. The van der Waals surface area contributed by atoms with Crippen molar-refractivity contribution in [2.45, 2.75) is 10.9 Å². The van der Waals surface area contributed by atoms with Crippen LogP contribution in [-0.2, 0) is 11.8 Å². The van der Waals surface area contributed by atoms with Gasteiger partial charge in [-0.2, -0.15) is 5.10 Å². The highest BCUT2D eigenvalue weighted by Crippen LogP contribution is 2.19. The minimum atomic E-state index is -0.380. The Morgan fingerprint density at radius 3 is 2.65 bits per heavy atom. The first-order valence-electron chi connectivity index (χ1n) is 6.92. The lowest BCUT2D eigenvalue weighted by Gasteiger charge is -2.14. The number of hydrogen-bond acceptors (Lipinski definition) is 4. The van der Waals surface area contributed by atoms with Crippen molar-refractivity contribution in [3.05, 3.63) is 47.2 Å². The predicted molar refractivity (Wildman–Crippen MR) is 97.4 cm³/mol. The van der Waals surface area contributed by atoms with E-state index >= 15 is 0 Å². The molecule has 0 aliphatic rings. The Hall–Kier alpha value is -1.21. The quantitative estimate of drug-likeness (QED) is 0.577. The Morgan fingerprint density at radius 1 is 1.39 bits per heavy atom. The van der Waals surface area contributed by atoms with E-state index in [-0.39, 0.29) is 24.4 Å². The lowest BCUT2D eigenvalue weighted by Crippen LogP contribution is -2.36. The second-order valence-corrected chi connectivity index (χ2v) is 6.37. The van der Waals surface area contributed by atoms with E-state index in [1.807, 2.05) is 37.5 Å². The molecular weight excluding hydrogens is 355 g/mol. The summed E-state index contributed by atoms with van der Waals surface area (Å²) in [5, 5.41) is 10.8. The second kappa shape index (κ2) is 9.82. The van der Waals surface area contributed by atoms with Crippen molar-refractivity contribution in [3.63, 3.8) is 0 Å². The number of thioether (sulfide) groups is 1. The van der Waals surface area contributed by atoms with Gasteiger partial charge in [0.15, 0.2) is 0 Å². The fourth-order valence-corrected chi connectivity index (χ4v) is 2.91. The van der Waals surface area contributed by atoms with Gasteiger partial charge in [-0.15, -0.1) is 24.2 Å². The summed E-state index contributed by atoms with van der Waals surface area (Å²) < 4.78 is 1.68. The molecule has 5 nitrogen and oxygen atoms in total. The van der Waals surface area contributed by atoms with E-state index in [4.69, 9.17) is 11.6 Å². The second-order valence-electron chi connectivity index (χ2n) is 4.76. The number of likely N-dealkylation sites (N-methyl/N-ethyl adjacent to an activating group) is 1. The molecule has 1 unspecified atom stereocenters. The molecule has 8 heteroatoms. The van der Waals surface area contributed by atoms with Gasteiger partial charge in [0.2, 0.25) is 5.91 Å². The van der Waals surface area contributed by atoms with Gasteiger partial charge in [-0.25, -0.2) is 0 Å². The number of nitrogens with zero attached hydrogens (tertiary/aromatic N) is 2. The minimum absolute atomic E-state index is 0. The van der Waals surface area contributed by atoms with E-state index in [0.717, 1.165) is 21.2 Å². The molecule has 1 aromatic heterocycles. The third-order valence-electron chi connectivity index (χ3n) is 3.09. The molecule has 0 bridgehead atoms. The zero-order valence-corrected chi connectivity index (χ0v) is 15.3. The molecule has 0 saturated heterocycles. The van der Waals surface area contributed by atoms with Gasteiger partial charge in [0.25, 0.3) is 0 Å². The number of carbonyl (C=O) groups excluding carboxylic acids is 1. The van der Waals surface area contributed by atoms with Crippen LogP contribution in [0.2, 0.25) is 5.02 Å². The van der Waals surface area contributed by atoms with E-state index in [1.54, 1.807) is 29.7 Å². The predicted octanol–water partition coefficient (Wildman–Crippen LogP) is 2.66. The first kappa shape index (κ1) is 19.8. The molecule has 1 atom stereocenters. The summed E-state index contributed by atoms with van der Waals surface area (Å²) in [6.45, 7) is 0.602. The van der Waals surface area contributed by atoms with Crippen molar-refractivity contribution in [3.8, 4) is 0 Å². The minimum Gasteiger partial charge on any atom is -0.354 e. The van der Waals surface area contributed by atoms with Crippen molar-refractivity contribution in [2.24, 2.45) is 7.05 Å². The number of aryl methyl sites for hydroxylation is 1. The maximum atomic E-state index is 12.2. The number of carbonyl (C=O) groups is 1. The van der Waals surface area contributed by atoms with Crippen LogP contribution in [0.25, 0.3) is 0 Å². The topological polar surface area (TPSA) is 59.0 Å². The lowest BCUT2D eigenvalue weighted by molar-refractivity contribution is -0.123. The summed E-state index contributed by atoms with van der Waals surface area (Å²) in [6, 6.07) is 7.29. The van der Waals surface area contributed by atoms with Crippen LogP contribution >= 0.6 is 35.8 Å². The zero-order valence-electron chi connectivity index (χ0n) is 13.0. The Balaban J connectivity index is 0.00000264. The zero-order chi connectivity index (χ0) is 15.9.